The van der Waals surface area contributed by atoms with Crippen LogP contribution in [-0.4, -0.2) is 36.0 Å². The van der Waals surface area contributed by atoms with E-state index < -0.39 is 0 Å². The number of aliphatic hydroxyl groups excluding tert-OH is 1. The Morgan fingerprint density at radius 1 is 1.29 bits per heavy atom. The Bertz CT molecular complexity index is 226. The molecule has 0 amide bonds. The predicted molar refractivity (Wildman–Crippen MR) is 69.1 cm³/mol. The van der Waals surface area contributed by atoms with Crippen molar-refractivity contribution in [2.45, 2.75) is 76.1 Å². The number of ether oxygens (including phenoxy) is 1. The van der Waals surface area contributed by atoms with Gasteiger partial charge in [0.1, 0.15) is 0 Å². The zero-order chi connectivity index (χ0) is 12.1. The van der Waals surface area contributed by atoms with Crippen LogP contribution in [0.15, 0.2) is 0 Å². The second-order valence-electron chi connectivity index (χ2n) is 5.74. The third-order valence-corrected chi connectivity index (χ3v) is 4.33. The highest BCUT2D eigenvalue weighted by Crippen LogP contribution is 2.41. The molecule has 1 saturated carbocycles. The van der Waals surface area contributed by atoms with Gasteiger partial charge in [-0.15, -0.1) is 0 Å². The molecule has 1 aliphatic heterocycles. The first-order chi connectivity index (χ1) is 8.24. The molecule has 1 spiro atoms. The Morgan fingerprint density at radius 2 is 2.06 bits per heavy atom. The summed E-state index contributed by atoms with van der Waals surface area (Å²) in [5.41, 5.74) is 0.230. The fraction of sp³-hybridized carbons (Fsp3) is 1.00. The molecule has 2 aliphatic rings. The van der Waals surface area contributed by atoms with Gasteiger partial charge in [0.15, 0.2) is 0 Å². The highest BCUT2D eigenvalue weighted by Gasteiger charge is 2.40. The molecule has 0 aromatic heterocycles. The minimum Gasteiger partial charge on any atom is -0.392 e. The first kappa shape index (κ1) is 13.3. The van der Waals surface area contributed by atoms with E-state index in [1.165, 1.54) is 44.9 Å². The molecule has 0 aromatic carbocycles. The van der Waals surface area contributed by atoms with Crippen LogP contribution in [0.25, 0.3) is 0 Å². The standard InChI is InChI=1S/C14H27NO2/c1-2-12(16)10-15-11-13-6-9-14(17-13)7-4-3-5-8-14/h12-13,15-16H,2-11H2,1H3. The van der Waals surface area contributed by atoms with E-state index >= 15 is 0 Å². The minimum atomic E-state index is -0.208. The lowest BCUT2D eigenvalue weighted by molar-refractivity contribution is -0.0627. The summed E-state index contributed by atoms with van der Waals surface area (Å²) in [7, 11) is 0. The van der Waals surface area contributed by atoms with Crippen molar-refractivity contribution in [2.24, 2.45) is 0 Å². The van der Waals surface area contributed by atoms with Crippen LogP contribution in [0.4, 0.5) is 0 Å². The molecule has 1 saturated heterocycles. The summed E-state index contributed by atoms with van der Waals surface area (Å²) in [6.07, 6.45) is 10.0. The van der Waals surface area contributed by atoms with Gasteiger partial charge >= 0.3 is 0 Å². The summed E-state index contributed by atoms with van der Waals surface area (Å²) in [5, 5.41) is 12.8. The quantitative estimate of drug-likeness (QED) is 0.775. The van der Waals surface area contributed by atoms with Crippen molar-refractivity contribution in [3.05, 3.63) is 0 Å². The zero-order valence-electron chi connectivity index (χ0n) is 11.1. The summed E-state index contributed by atoms with van der Waals surface area (Å²) in [6.45, 7) is 3.61. The second-order valence-corrected chi connectivity index (χ2v) is 5.74. The third-order valence-electron chi connectivity index (χ3n) is 4.33. The van der Waals surface area contributed by atoms with Gasteiger partial charge in [0.25, 0.3) is 0 Å². The molecule has 17 heavy (non-hydrogen) atoms. The van der Waals surface area contributed by atoms with E-state index in [-0.39, 0.29) is 11.7 Å². The lowest BCUT2D eigenvalue weighted by Gasteiger charge is -2.33. The normalized spacial score (nSPS) is 29.6. The van der Waals surface area contributed by atoms with Gasteiger partial charge in [-0.1, -0.05) is 26.2 Å². The van der Waals surface area contributed by atoms with E-state index in [2.05, 4.69) is 5.32 Å². The maximum absolute atomic E-state index is 9.47. The molecule has 0 radical (unpaired) electrons. The summed E-state index contributed by atoms with van der Waals surface area (Å²) in [5.74, 6) is 0. The van der Waals surface area contributed by atoms with E-state index in [9.17, 15) is 5.11 Å². The maximum Gasteiger partial charge on any atom is 0.0708 e. The third kappa shape index (κ3) is 3.67. The van der Waals surface area contributed by atoms with Gasteiger partial charge in [-0.05, 0) is 32.1 Å². The average Bonchev–Trinajstić information content (AvgIpc) is 2.73. The molecule has 1 aliphatic carbocycles. The minimum absolute atomic E-state index is 0.208. The number of hydrogen-bond donors (Lipinski definition) is 2. The van der Waals surface area contributed by atoms with Crippen LogP contribution in [0.1, 0.15) is 58.3 Å². The van der Waals surface area contributed by atoms with Crippen molar-refractivity contribution in [2.75, 3.05) is 13.1 Å². The van der Waals surface area contributed by atoms with Crippen molar-refractivity contribution < 1.29 is 9.84 Å². The van der Waals surface area contributed by atoms with Gasteiger partial charge in [0, 0.05) is 13.1 Å². The molecule has 2 fully saturated rings. The van der Waals surface area contributed by atoms with Gasteiger partial charge in [-0.2, -0.15) is 0 Å². The Balaban J connectivity index is 1.67. The molecular weight excluding hydrogens is 214 g/mol. The van der Waals surface area contributed by atoms with Crippen LogP contribution >= 0.6 is 0 Å². The van der Waals surface area contributed by atoms with Crippen molar-refractivity contribution in [3.63, 3.8) is 0 Å². The van der Waals surface area contributed by atoms with E-state index in [1.54, 1.807) is 0 Å². The van der Waals surface area contributed by atoms with Crippen molar-refractivity contribution >= 4 is 0 Å². The molecule has 0 bridgehead atoms. The molecule has 2 unspecified atom stereocenters. The molecule has 2 atom stereocenters. The van der Waals surface area contributed by atoms with Crippen LogP contribution in [-0.2, 0) is 4.74 Å². The van der Waals surface area contributed by atoms with E-state index in [0.717, 1.165) is 13.0 Å². The smallest absolute Gasteiger partial charge is 0.0708 e. The second kappa shape index (κ2) is 6.17. The Morgan fingerprint density at radius 3 is 2.76 bits per heavy atom. The molecular formula is C14H27NO2. The Labute approximate surface area is 105 Å². The topological polar surface area (TPSA) is 41.5 Å². The van der Waals surface area contributed by atoms with Crippen LogP contribution < -0.4 is 5.32 Å². The summed E-state index contributed by atoms with van der Waals surface area (Å²) < 4.78 is 6.26. The highest BCUT2D eigenvalue weighted by atomic mass is 16.5. The molecule has 3 heteroatoms. The Kier molecular flexibility index (Phi) is 4.83. The van der Waals surface area contributed by atoms with Crippen LogP contribution in [0, 0.1) is 0 Å². The first-order valence-electron chi connectivity index (χ1n) is 7.31. The summed E-state index contributed by atoms with van der Waals surface area (Å²) in [4.78, 5) is 0. The van der Waals surface area contributed by atoms with Crippen molar-refractivity contribution in [1.82, 2.24) is 5.32 Å². The average molecular weight is 241 g/mol. The van der Waals surface area contributed by atoms with E-state index in [0.29, 0.717) is 12.6 Å². The van der Waals surface area contributed by atoms with Crippen molar-refractivity contribution in [1.29, 1.82) is 0 Å². The van der Waals surface area contributed by atoms with Crippen molar-refractivity contribution in [3.8, 4) is 0 Å². The fourth-order valence-corrected chi connectivity index (χ4v) is 3.16. The molecule has 2 N–H and O–H groups in total. The predicted octanol–water partition coefficient (Wildman–Crippen LogP) is 2.23. The van der Waals surface area contributed by atoms with Gasteiger partial charge in [-0.3, -0.25) is 0 Å². The van der Waals surface area contributed by atoms with Gasteiger partial charge in [0.05, 0.1) is 17.8 Å². The summed E-state index contributed by atoms with van der Waals surface area (Å²) in [6, 6.07) is 0. The van der Waals surface area contributed by atoms with Gasteiger partial charge in [0.2, 0.25) is 0 Å². The molecule has 3 nitrogen and oxygen atoms in total. The van der Waals surface area contributed by atoms with Gasteiger partial charge in [-0.25, -0.2) is 0 Å². The molecule has 0 aromatic rings. The van der Waals surface area contributed by atoms with Crippen LogP contribution in [0.5, 0.6) is 0 Å². The first-order valence-corrected chi connectivity index (χ1v) is 7.31. The lowest BCUT2D eigenvalue weighted by Crippen LogP contribution is -2.36. The molecule has 1 heterocycles. The zero-order valence-corrected chi connectivity index (χ0v) is 11.1. The van der Waals surface area contributed by atoms with Gasteiger partial charge < -0.3 is 15.2 Å². The lowest BCUT2D eigenvalue weighted by atomic mass is 9.83. The largest absolute Gasteiger partial charge is 0.392 e. The number of rotatable bonds is 5. The Hall–Kier alpha value is -0.120. The highest BCUT2D eigenvalue weighted by molar-refractivity contribution is 4.91. The fourth-order valence-electron chi connectivity index (χ4n) is 3.16. The number of hydrogen-bond acceptors (Lipinski definition) is 3. The van der Waals surface area contributed by atoms with E-state index in [4.69, 9.17) is 4.74 Å². The van der Waals surface area contributed by atoms with Crippen LogP contribution in [0.3, 0.4) is 0 Å². The molecule has 2 rings (SSSR count). The monoisotopic (exact) mass is 241 g/mol. The van der Waals surface area contributed by atoms with Crippen LogP contribution in [0.2, 0.25) is 0 Å². The maximum atomic E-state index is 9.47. The number of nitrogens with one attached hydrogen (secondary N) is 1. The SMILES string of the molecule is CCC(O)CNCC1CCC2(CCCCC2)O1. The number of aliphatic hydroxyl groups is 1. The summed E-state index contributed by atoms with van der Waals surface area (Å²) >= 11 is 0. The molecule has 100 valence electrons. The van der Waals surface area contributed by atoms with E-state index in [1.807, 2.05) is 6.92 Å².